The topological polar surface area (TPSA) is 107 Å². The van der Waals surface area contributed by atoms with Gasteiger partial charge in [-0.25, -0.2) is 9.18 Å². The fourth-order valence-electron chi connectivity index (χ4n) is 2.72. The molecular formula is C16H21FN4O3. The highest BCUT2D eigenvalue weighted by atomic mass is 19.1. The zero-order chi connectivity index (χ0) is 17.7. The van der Waals surface area contributed by atoms with Crippen LogP contribution in [0.15, 0.2) is 6.07 Å². The molecule has 1 aliphatic carbocycles. The van der Waals surface area contributed by atoms with Crippen molar-refractivity contribution in [2.75, 3.05) is 5.32 Å². The molecule has 0 unspecified atom stereocenters. The summed E-state index contributed by atoms with van der Waals surface area (Å²) in [7, 11) is 0. The number of aromatic nitrogens is 1. The molecule has 0 bridgehead atoms. The van der Waals surface area contributed by atoms with Crippen LogP contribution in [0.25, 0.3) is 0 Å². The Labute approximate surface area is 139 Å². The van der Waals surface area contributed by atoms with Gasteiger partial charge < -0.3 is 20.5 Å². The van der Waals surface area contributed by atoms with Crippen molar-refractivity contribution in [2.24, 2.45) is 0 Å². The number of anilines is 1. The maximum absolute atomic E-state index is 14.1. The quantitative estimate of drug-likeness (QED) is 0.763. The van der Waals surface area contributed by atoms with Gasteiger partial charge in [0.05, 0.1) is 6.10 Å². The van der Waals surface area contributed by atoms with Gasteiger partial charge in [0, 0.05) is 18.2 Å². The van der Waals surface area contributed by atoms with E-state index in [1.54, 1.807) is 13.8 Å². The largest absolute Gasteiger partial charge is 0.474 e. The molecule has 130 valence electrons. The lowest BCUT2D eigenvalue weighted by Gasteiger charge is -2.29. The first-order valence-electron chi connectivity index (χ1n) is 7.92. The van der Waals surface area contributed by atoms with Crippen LogP contribution >= 0.6 is 0 Å². The summed E-state index contributed by atoms with van der Waals surface area (Å²) in [6.45, 7) is 3.60. The van der Waals surface area contributed by atoms with Gasteiger partial charge in [-0.1, -0.05) is 0 Å². The van der Waals surface area contributed by atoms with Gasteiger partial charge in [0.1, 0.15) is 11.6 Å². The number of rotatable bonds is 5. The maximum Gasteiger partial charge on any atom is 0.404 e. The third-order valence-corrected chi connectivity index (χ3v) is 3.80. The zero-order valence-electron chi connectivity index (χ0n) is 13.7. The Morgan fingerprint density at radius 1 is 1.42 bits per heavy atom. The van der Waals surface area contributed by atoms with E-state index in [2.05, 4.69) is 15.6 Å². The van der Waals surface area contributed by atoms with E-state index in [1.807, 2.05) is 6.07 Å². The Balaban J connectivity index is 2.05. The van der Waals surface area contributed by atoms with Gasteiger partial charge in [-0.3, -0.25) is 0 Å². The molecule has 0 atom stereocenters. The average molecular weight is 336 g/mol. The van der Waals surface area contributed by atoms with Gasteiger partial charge in [-0.15, -0.1) is 0 Å². The number of carbonyl (C=O) groups is 1. The minimum atomic E-state index is -1.03. The molecule has 0 spiro atoms. The second-order valence-corrected chi connectivity index (χ2v) is 6.09. The molecule has 1 amide bonds. The summed E-state index contributed by atoms with van der Waals surface area (Å²) in [5.74, 6) is -0.439. The number of pyridine rings is 1. The fraction of sp³-hybridized carbons (Fsp3) is 0.562. The first-order valence-corrected chi connectivity index (χ1v) is 7.92. The Morgan fingerprint density at radius 2 is 2.04 bits per heavy atom. The molecule has 1 aromatic heterocycles. The van der Waals surface area contributed by atoms with Crippen molar-refractivity contribution in [1.82, 2.24) is 10.3 Å². The van der Waals surface area contributed by atoms with E-state index in [4.69, 9.17) is 15.1 Å². The van der Waals surface area contributed by atoms with E-state index in [1.165, 1.54) is 0 Å². The third-order valence-electron chi connectivity index (χ3n) is 3.80. The Hall–Kier alpha value is -2.56. The molecule has 1 fully saturated rings. The summed E-state index contributed by atoms with van der Waals surface area (Å²) in [5, 5.41) is 23.3. The van der Waals surface area contributed by atoms with Crippen molar-refractivity contribution in [3.8, 4) is 11.9 Å². The van der Waals surface area contributed by atoms with Crippen molar-refractivity contribution in [3.05, 3.63) is 17.4 Å². The van der Waals surface area contributed by atoms with E-state index in [-0.39, 0.29) is 35.4 Å². The van der Waals surface area contributed by atoms with Gasteiger partial charge in [-0.2, -0.15) is 10.2 Å². The number of nitrogens with one attached hydrogen (secondary N) is 2. The minimum Gasteiger partial charge on any atom is -0.474 e. The number of nitrogens with zero attached hydrogens (tertiary/aromatic N) is 2. The van der Waals surface area contributed by atoms with E-state index in [9.17, 15) is 9.18 Å². The molecule has 1 aliphatic rings. The van der Waals surface area contributed by atoms with Crippen LogP contribution in [-0.2, 0) is 0 Å². The zero-order valence-corrected chi connectivity index (χ0v) is 13.7. The second kappa shape index (κ2) is 7.81. The molecule has 1 heterocycles. The van der Waals surface area contributed by atoms with E-state index >= 15 is 0 Å². The van der Waals surface area contributed by atoms with Crippen LogP contribution in [0.4, 0.5) is 15.0 Å². The molecule has 2 rings (SSSR count). The van der Waals surface area contributed by atoms with Crippen LogP contribution in [0, 0.1) is 17.1 Å². The van der Waals surface area contributed by atoms with E-state index in [0.29, 0.717) is 25.7 Å². The lowest BCUT2D eigenvalue weighted by molar-refractivity contribution is 0.185. The summed E-state index contributed by atoms with van der Waals surface area (Å²) in [6, 6.07) is 2.92. The van der Waals surface area contributed by atoms with Crippen LogP contribution in [0.1, 0.15) is 45.1 Å². The van der Waals surface area contributed by atoms with Gasteiger partial charge in [0.15, 0.2) is 11.6 Å². The number of hydrogen-bond acceptors (Lipinski definition) is 5. The molecule has 1 aromatic rings. The van der Waals surface area contributed by atoms with E-state index < -0.39 is 11.9 Å². The highest BCUT2D eigenvalue weighted by molar-refractivity contribution is 5.64. The van der Waals surface area contributed by atoms with E-state index in [0.717, 1.165) is 6.07 Å². The minimum absolute atomic E-state index is 0.00122. The SMILES string of the molecule is CC(C)Oc1nc(NC2CCC(NC(=O)O)CC2)c(F)cc1C#N. The molecule has 7 nitrogen and oxygen atoms in total. The molecule has 0 aromatic carbocycles. The summed E-state index contributed by atoms with van der Waals surface area (Å²) in [6.07, 6.45) is 1.55. The molecule has 0 radical (unpaired) electrons. The predicted molar refractivity (Wildman–Crippen MR) is 85.5 cm³/mol. The summed E-state index contributed by atoms with van der Waals surface area (Å²) in [4.78, 5) is 14.7. The summed E-state index contributed by atoms with van der Waals surface area (Å²) < 4.78 is 19.6. The van der Waals surface area contributed by atoms with Crippen molar-refractivity contribution in [3.63, 3.8) is 0 Å². The number of carboxylic acid groups (broad SMARTS) is 1. The molecule has 0 aliphatic heterocycles. The molecule has 24 heavy (non-hydrogen) atoms. The Bertz CT molecular complexity index is 637. The van der Waals surface area contributed by atoms with Crippen molar-refractivity contribution < 1.29 is 19.0 Å². The fourth-order valence-corrected chi connectivity index (χ4v) is 2.72. The molecule has 1 saturated carbocycles. The third kappa shape index (κ3) is 4.72. The van der Waals surface area contributed by atoms with Gasteiger partial charge in [0.2, 0.25) is 5.88 Å². The van der Waals surface area contributed by atoms with Crippen molar-refractivity contribution in [2.45, 2.75) is 57.7 Å². The number of nitriles is 1. The maximum atomic E-state index is 14.1. The van der Waals surface area contributed by atoms with Crippen molar-refractivity contribution in [1.29, 1.82) is 5.26 Å². The first-order chi connectivity index (χ1) is 11.4. The van der Waals surface area contributed by atoms with Crippen LogP contribution in [0.2, 0.25) is 0 Å². The molecule has 8 heteroatoms. The smallest absolute Gasteiger partial charge is 0.404 e. The van der Waals surface area contributed by atoms with Crippen LogP contribution in [-0.4, -0.2) is 34.4 Å². The number of halogens is 1. The van der Waals surface area contributed by atoms with Crippen LogP contribution < -0.4 is 15.4 Å². The monoisotopic (exact) mass is 336 g/mol. The summed E-state index contributed by atoms with van der Waals surface area (Å²) in [5.41, 5.74) is 0.0566. The van der Waals surface area contributed by atoms with Crippen LogP contribution in [0.3, 0.4) is 0 Å². The van der Waals surface area contributed by atoms with Gasteiger partial charge >= 0.3 is 6.09 Å². The highest BCUT2D eigenvalue weighted by Crippen LogP contribution is 2.26. The predicted octanol–water partition coefficient (Wildman–Crippen LogP) is 2.87. The number of ether oxygens (including phenoxy) is 1. The lowest BCUT2D eigenvalue weighted by Crippen LogP contribution is -2.39. The average Bonchev–Trinajstić information content (AvgIpc) is 2.51. The lowest BCUT2D eigenvalue weighted by atomic mass is 9.91. The van der Waals surface area contributed by atoms with Crippen molar-refractivity contribution >= 4 is 11.9 Å². The number of hydrogen-bond donors (Lipinski definition) is 3. The first kappa shape index (κ1) is 17.8. The standard InChI is InChI=1S/C16H21FN4O3/c1-9(2)24-15-10(8-18)7-13(17)14(21-15)19-11-3-5-12(6-4-11)20-16(22)23/h7,9,11-12,20H,3-6H2,1-2H3,(H,19,21)(H,22,23). The highest BCUT2D eigenvalue weighted by Gasteiger charge is 2.24. The molecule has 3 N–H and O–H groups in total. The van der Waals surface area contributed by atoms with Gasteiger partial charge in [-0.05, 0) is 39.5 Å². The van der Waals surface area contributed by atoms with Gasteiger partial charge in [0.25, 0.3) is 0 Å². The normalized spacial score (nSPS) is 20.3. The molecule has 0 saturated heterocycles. The van der Waals surface area contributed by atoms with Crippen LogP contribution in [0.5, 0.6) is 5.88 Å². The second-order valence-electron chi connectivity index (χ2n) is 6.09. The number of amides is 1. The molecular weight excluding hydrogens is 315 g/mol. The summed E-state index contributed by atoms with van der Waals surface area (Å²) >= 11 is 0. The Morgan fingerprint density at radius 3 is 2.58 bits per heavy atom. The Kier molecular flexibility index (Phi) is 5.79.